The SMILES string of the molecule is COc1c(C)cc2c(c1O)[C@H]1[C@@H]3Cc4c(OC(C)=O)cc5c(c4[C@H](CN4C(=O)c6ccccc6C4=O)N3[C@@H](C#N)[C@@H](C2)N1C)OCO5. The molecule has 0 saturated carbocycles. The normalized spacial score (nSPS) is 25.4. The number of piperazine rings is 1. The maximum atomic E-state index is 13.8. The van der Waals surface area contributed by atoms with Crippen LogP contribution in [-0.4, -0.2) is 83.2 Å². The highest BCUT2D eigenvalue weighted by molar-refractivity contribution is 6.21. The van der Waals surface area contributed by atoms with Gasteiger partial charge >= 0.3 is 5.97 Å². The number of nitrogens with zero attached hydrogens (tertiary/aromatic N) is 4. The number of methoxy groups -OCH3 is 1. The minimum Gasteiger partial charge on any atom is -0.504 e. The van der Waals surface area contributed by atoms with Crippen LogP contribution in [0.15, 0.2) is 36.4 Å². The molecule has 1 N–H and O–H groups in total. The number of aromatic hydroxyl groups is 1. The molecule has 0 aromatic heterocycles. The second kappa shape index (κ2) is 10.4. The van der Waals surface area contributed by atoms with E-state index in [2.05, 4.69) is 15.9 Å². The standard InChI is InChI=1S/C35H32N4O8/c1-16-9-18-10-22-24(13-36)39-23(30(37(22)3)28(18)31(41)32(16)44-4)11-21-26(47-17(2)40)12-27-33(46-15-45-27)29(21)25(39)14-38-34(42)19-7-5-6-8-20(19)35(38)43/h5-9,12,22-25,30,41H,10-11,14-15H2,1-4H3/t22-,23+,24+,25+,30-/m1/s1. The van der Waals surface area contributed by atoms with Crippen molar-refractivity contribution in [3.05, 3.63) is 75.3 Å². The van der Waals surface area contributed by atoms with Gasteiger partial charge in [0.2, 0.25) is 6.79 Å². The number of likely N-dealkylation sites (N-methyl/N-ethyl adjacent to an activating group) is 1. The number of rotatable bonds is 4. The molecule has 2 bridgehead atoms. The van der Waals surface area contributed by atoms with Crippen molar-refractivity contribution in [1.82, 2.24) is 14.7 Å². The number of esters is 1. The number of carbonyl (C=O) groups is 3. The van der Waals surface area contributed by atoms with Crippen molar-refractivity contribution in [2.24, 2.45) is 0 Å². The maximum Gasteiger partial charge on any atom is 0.308 e. The Balaban J connectivity index is 1.36. The number of phenolic OH excluding ortho intramolecular Hbond substituents is 1. The average Bonchev–Trinajstić information content (AvgIpc) is 3.60. The van der Waals surface area contributed by atoms with Crippen molar-refractivity contribution >= 4 is 17.8 Å². The van der Waals surface area contributed by atoms with Crippen LogP contribution in [0.2, 0.25) is 0 Å². The first-order valence-corrected chi connectivity index (χ1v) is 15.5. The molecule has 47 heavy (non-hydrogen) atoms. The number of hydrogen-bond donors (Lipinski definition) is 1. The molecule has 1 saturated heterocycles. The Bertz CT molecular complexity index is 1920. The van der Waals surface area contributed by atoms with Crippen molar-refractivity contribution < 1.29 is 38.4 Å². The quantitative estimate of drug-likeness (QED) is 0.256. The molecular formula is C35H32N4O8. The van der Waals surface area contributed by atoms with Gasteiger partial charge in [0.05, 0.1) is 36.4 Å². The molecule has 3 aromatic carbocycles. The third-order valence-electron chi connectivity index (χ3n) is 10.4. The first-order valence-electron chi connectivity index (χ1n) is 15.5. The highest BCUT2D eigenvalue weighted by Crippen LogP contribution is 2.57. The molecule has 240 valence electrons. The van der Waals surface area contributed by atoms with E-state index in [0.717, 1.165) is 11.1 Å². The van der Waals surface area contributed by atoms with Crippen LogP contribution in [0, 0.1) is 18.3 Å². The van der Waals surface area contributed by atoms with Crippen molar-refractivity contribution in [3.63, 3.8) is 0 Å². The van der Waals surface area contributed by atoms with Gasteiger partial charge in [-0.1, -0.05) is 18.2 Å². The molecule has 2 amide bonds. The molecule has 0 unspecified atom stereocenters. The molecule has 12 heteroatoms. The lowest BCUT2D eigenvalue weighted by atomic mass is 9.72. The van der Waals surface area contributed by atoms with E-state index in [1.807, 2.05) is 20.0 Å². The Morgan fingerprint density at radius 1 is 1.09 bits per heavy atom. The lowest BCUT2D eigenvalue weighted by Gasteiger charge is -2.60. The summed E-state index contributed by atoms with van der Waals surface area (Å²) in [5.41, 5.74) is 4.32. The summed E-state index contributed by atoms with van der Waals surface area (Å²) in [5, 5.41) is 22.6. The topological polar surface area (TPSA) is 142 Å². The first kappa shape index (κ1) is 29.3. The summed E-state index contributed by atoms with van der Waals surface area (Å²) in [6, 6.07) is 10.3. The number of fused-ring (bicyclic) bond motifs is 10. The summed E-state index contributed by atoms with van der Waals surface area (Å²) >= 11 is 0. The van der Waals surface area contributed by atoms with E-state index >= 15 is 0 Å². The largest absolute Gasteiger partial charge is 0.504 e. The zero-order chi connectivity index (χ0) is 32.9. The van der Waals surface area contributed by atoms with E-state index in [-0.39, 0.29) is 30.9 Å². The zero-order valence-corrected chi connectivity index (χ0v) is 26.3. The van der Waals surface area contributed by atoms with Crippen molar-refractivity contribution in [2.75, 3.05) is 27.5 Å². The number of amides is 2. The summed E-state index contributed by atoms with van der Waals surface area (Å²) in [6.45, 7) is 3.04. The van der Waals surface area contributed by atoms with Gasteiger partial charge in [-0.25, -0.2) is 0 Å². The Labute approximate surface area is 270 Å². The van der Waals surface area contributed by atoms with Crippen LogP contribution < -0.4 is 18.9 Å². The second-order valence-electron chi connectivity index (χ2n) is 12.7. The predicted molar refractivity (Wildman–Crippen MR) is 165 cm³/mol. The van der Waals surface area contributed by atoms with Crippen LogP contribution >= 0.6 is 0 Å². The summed E-state index contributed by atoms with van der Waals surface area (Å²) in [5.74, 6) is 0.129. The van der Waals surface area contributed by atoms with Crippen LogP contribution in [-0.2, 0) is 17.6 Å². The fourth-order valence-corrected chi connectivity index (χ4v) is 8.58. The monoisotopic (exact) mass is 636 g/mol. The van der Waals surface area contributed by atoms with Gasteiger partial charge in [0.1, 0.15) is 11.8 Å². The summed E-state index contributed by atoms with van der Waals surface area (Å²) in [4.78, 5) is 45.3. The Morgan fingerprint density at radius 3 is 2.47 bits per heavy atom. The Hall–Kier alpha value is -5.12. The van der Waals surface area contributed by atoms with Crippen molar-refractivity contribution in [1.29, 1.82) is 5.26 Å². The number of carbonyl (C=O) groups excluding carboxylic acids is 3. The van der Waals surface area contributed by atoms with E-state index in [4.69, 9.17) is 18.9 Å². The Morgan fingerprint density at radius 2 is 1.81 bits per heavy atom. The molecule has 5 heterocycles. The van der Waals surface area contributed by atoms with Gasteiger partial charge in [-0.3, -0.25) is 29.1 Å². The highest BCUT2D eigenvalue weighted by Gasteiger charge is 2.57. The molecule has 0 spiro atoms. The Kier molecular flexibility index (Phi) is 6.51. The van der Waals surface area contributed by atoms with Crippen LogP contribution in [0.5, 0.6) is 28.7 Å². The number of aryl methyl sites for hydroxylation is 1. The summed E-state index contributed by atoms with van der Waals surface area (Å²) in [7, 11) is 3.47. The van der Waals surface area contributed by atoms with E-state index in [0.29, 0.717) is 57.9 Å². The van der Waals surface area contributed by atoms with E-state index in [9.17, 15) is 24.8 Å². The number of phenols is 1. The third kappa shape index (κ3) is 4.03. The average molecular weight is 637 g/mol. The minimum absolute atomic E-state index is 0.0433. The van der Waals surface area contributed by atoms with Crippen molar-refractivity contribution in [3.8, 4) is 34.8 Å². The number of nitriles is 1. The molecule has 5 atom stereocenters. The number of benzene rings is 3. The lowest BCUT2D eigenvalue weighted by Crippen LogP contribution is -2.68. The molecular weight excluding hydrogens is 604 g/mol. The van der Waals surface area contributed by atoms with Crippen LogP contribution in [0.1, 0.15) is 67.5 Å². The molecule has 8 rings (SSSR count). The second-order valence-corrected chi connectivity index (χ2v) is 12.7. The number of hydrogen-bond acceptors (Lipinski definition) is 11. The molecule has 0 aliphatic carbocycles. The summed E-state index contributed by atoms with van der Waals surface area (Å²) < 4.78 is 23.2. The smallest absolute Gasteiger partial charge is 0.308 e. The van der Waals surface area contributed by atoms with Crippen molar-refractivity contribution in [2.45, 2.75) is 56.9 Å². The molecule has 5 aliphatic heterocycles. The van der Waals surface area contributed by atoms with Gasteiger partial charge in [-0.15, -0.1) is 0 Å². The number of imide groups is 1. The maximum absolute atomic E-state index is 13.8. The van der Waals surface area contributed by atoms with Crippen LogP contribution in [0.25, 0.3) is 0 Å². The molecule has 5 aliphatic rings. The first-order chi connectivity index (χ1) is 22.6. The van der Waals surface area contributed by atoms with Crippen LogP contribution in [0.3, 0.4) is 0 Å². The molecule has 0 radical (unpaired) electrons. The lowest BCUT2D eigenvalue weighted by molar-refractivity contribution is -0.132. The van der Waals surface area contributed by atoms with E-state index in [1.165, 1.54) is 18.9 Å². The van der Waals surface area contributed by atoms with E-state index in [1.54, 1.807) is 30.3 Å². The van der Waals surface area contributed by atoms with Gasteiger partial charge in [-0.2, -0.15) is 5.26 Å². The van der Waals surface area contributed by atoms with Gasteiger partial charge in [0, 0.05) is 48.3 Å². The minimum atomic E-state index is -0.740. The fraction of sp³-hybridized carbons (Fsp3) is 0.371. The van der Waals surface area contributed by atoms with Gasteiger partial charge < -0.3 is 24.1 Å². The molecule has 3 aromatic rings. The predicted octanol–water partition coefficient (Wildman–Crippen LogP) is 3.43. The fourth-order valence-electron chi connectivity index (χ4n) is 8.58. The molecule has 12 nitrogen and oxygen atoms in total. The van der Waals surface area contributed by atoms with Crippen LogP contribution in [0.4, 0.5) is 0 Å². The van der Waals surface area contributed by atoms with Gasteiger partial charge in [-0.05, 0) is 50.1 Å². The zero-order valence-electron chi connectivity index (χ0n) is 26.3. The highest BCUT2D eigenvalue weighted by atomic mass is 16.7. The summed E-state index contributed by atoms with van der Waals surface area (Å²) in [6.07, 6.45) is 0.794. The molecule has 1 fully saturated rings. The van der Waals surface area contributed by atoms with Gasteiger partial charge in [0.15, 0.2) is 23.0 Å². The van der Waals surface area contributed by atoms with E-state index < -0.39 is 42.0 Å². The number of ether oxygens (including phenoxy) is 4. The van der Waals surface area contributed by atoms with Gasteiger partial charge in [0.25, 0.3) is 11.8 Å². The third-order valence-corrected chi connectivity index (χ3v) is 10.4.